The van der Waals surface area contributed by atoms with Gasteiger partial charge < -0.3 is 4.90 Å². The highest BCUT2D eigenvalue weighted by atomic mass is 16.1. The van der Waals surface area contributed by atoms with Crippen LogP contribution in [0.15, 0.2) is 65.6 Å². The van der Waals surface area contributed by atoms with Gasteiger partial charge in [0.2, 0.25) is 0 Å². The molecule has 0 saturated carbocycles. The molecule has 2 aromatic rings. The fourth-order valence-electron chi connectivity index (χ4n) is 4.61. The lowest BCUT2D eigenvalue weighted by atomic mass is 9.69. The summed E-state index contributed by atoms with van der Waals surface area (Å²) in [7, 11) is 0. The van der Waals surface area contributed by atoms with Crippen LogP contribution in [0.4, 0.5) is 5.82 Å². The standard InChI is InChI=1S/C25H28N2O/c1-16-10-11-26-23(12-16)27-18(3)13-20(19-9-7-6-8-17(19)2)24-21(27)14-25(4,5)15-22(24)28/h6-13,20H,14-15H2,1-5H3. The van der Waals surface area contributed by atoms with Crippen molar-refractivity contribution in [2.45, 2.75) is 53.4 Å². The van der Waals surface area contributed by atoms with Gasteiger partial charge in [0.25, 0.3) is 0 Å². The molecule has 144 valence electrons. The lowest BCUT2D eigenvalue weighted by Crippen LogP contribution is -2.38. The molecule has 0 N–H and O–H groups in total. The van der Waals surface area contributed by atoms with Gasteiger partial charge in [-0.2, -0.15) is 0 Å². The van der Waals surface area contributed by atoms with Crippen molar-refractivity contribution in [3.05, 3.63) is 82.3 Å². The maximum atomic E-state index is 13.4. The van der Waals surface area contributed by atoms with Crippen LogP contribution in [0.3, 0.4) is 0 Å². The number of allylic oxidation sites excluding steroid dienone is 4. The molecule has 0 radical (unpaired) electrons. The molecular weight excluding hydrogens is 344 g/mol. The van der Waals surface area contributed by atoms with Crippen LogP contribution in [0.1, 0.15) is 56.2 Å². The lowest BCUT2D eigenvalue weighted by molar-refractivity contribution is -0.118. The molecule has 1 atom stereocenters. The number of rotatable bonds is 2. The fourth-order valence-corrected chi connectivity index (χ4v) is 4.61. The number of hydrogen-bond donors (Lipinski definition) is 0. The van der Waals surface area contributed by atoms with E-state index in [0.717, 1.165) is 29.2 Å². The molecule has 1 aliphatic carbocycles. The van der Waals surface area contributed by atoms with Crippen molar-refractivity contribution >= 4 is 11.6 Å². The molecular formula is C25H28N2O. The maximum Gasteiger partial charge on any atom is 0.162 e. The number of anilines is 1. The Balaban J connectivity index is 1.93. The third kappa shape index (κ3) is 3.19. The first-order chi connectivity index (χ1) is 13.3. The molecule has 3 nitrogen and oxygen atoms in total. The van der Waals surface area contributed by atoms with Gasteiger partial charge in [-0.15, -0.1) is 0 Å². The normalized spacial score (nSPS) is 21.5. The smallest absolute Gasteiger partial charge is 0.162 e. The lowest BCUT2D eigenvalue weighted by Gasteiger charge is -2.43. The van der Waals surface area contributed by atoms with E-state index in [1.54, 1.807) is 0 Å². The van der Waals surface area contributed by atoms with E-state index >= 15 is 0 Å². The number of ketones is 1. The summed E-state index contributed by atoms with van der Waals surface area (Å²) in [6.07, 6.45) is 5.55. The molecule has 3 heteroatoms. The van der Waals surface area contributed by atoms with Crippen molar-refractivity contribution in [2.75, 3.05) is 4.90 Å². The van der Waals surface area contributed by atoms with Crippen LogP contribution in [-0.2, 0) is 4.79 Å². The van der Waals surface area contributed by atoms with Crippen molar-refractivity contribution in [3.63, 3.8) is 0 Å². The molecule has 1 aromatic heterocycles. The highest BCUT2D eigenvalue weighted by Gasteiger charge is 2.41. The maximum absolute atomic E-state index is 13.4. The number of aryl methyl sites for hydroxylation is 2. The molecule has 2 heterocycles. The number of benzene rings is 1. The molecule has 28 heavy (non-hydrogen) atoms. The van der Waals surface area contributed by atoms with Gasteiger partial charge in [-0.1, -0.05) is 44.2 Å². The zero-order valence-corrected chi connectivity index (χ0v) is 17.4. The minimum absolute atomic E-state index is 0.0147. The van der Waals surface area contributed by atoms with E-state index in [4.69, 9.17) is 0 Å². The highest BCUT2D eigenvalue weighted by molar-refractivity contribution is 6.01. The largest absolute Gasteiger partial charge is 0.303 e. The first-order valence-corrected chi connectivity index (χ1v) is 10.00. The second-order valence-electron chi connectivity index (χ2n) is 8.97. The molecule has 4 rings (SSSR count). The number of aromatic nitrogens is 1. The minimum Gasteiger partial charge on any atom is -0.303 e. The summed E-state index contributed by atoms with van der Waals surface area (Å²) in [5.74, 6) is 1.18. The second kappa shape index (κ2) is 6.73. The Bertz CT molecular complexity index is 1010. The predicted octanol–water partition coefficient (Wildman–Crippen LogP) is 5.85. The Morgan fingerprint density at radius 3 is 2.54 bits per heavy atom. The van der Waals surface area contributed by atoms with Gasteiger partial charge in [-0.25, -0.2) is 4.98 Å². The summed E-state index contributed by atoms with van der Waals surface area (Å²) in [5, 5.41) is 0. The summed E-state index contributed by atoms with van der Waals surface area (Å²) in [6, 6.07) is 12.5. The van der Waals surface area contributed by atoms with E-state index in [9.17, 15) is 4.79 Å². The van der Waals surface area contributed by atoms with Gasteiger partial charge >= 0.3 is 0 Å². The second-order valence-corrected chi connectivity index (χ2v) is 8.97. The molecule has 1 aliphatic heterocycles. The predicted molar refractivity (Wildman–Crippen MR) is 114 cm³/mol. The Labute approximate surface area is 167 Å². The Morgan fingerprint density at radius 2 is 1.82 bits per heavy atom. The summed E-state index contributed by atoms with van der Waals surface area (Å²) >= 11 is 0. The van der Waals surface area contributed by atoms with Crippen LogP contribution in [0.2, 0.25) is 0 Å². The van der Waals surface area contributed by atoms with Crippen LogP contribution in [0.25, 0.3) is 0 Å². The monoisotopic (exact) mass is 372 g/mol. The molecule has 1 unspecified atom stereocenters. The van der Waals surface area contributed by atoms with Crippen molar-refractivity contribution < 1.29 is 4.79 Å². The van der Waals surface area contributed by atoms with Gasteiger partial charge in [0.1, 0.15) is 5.82 Å². The van der Waals surface area contributed by atoms with E-state index in [1.165, 1.54) is 16.7 Å². The zero-order valence-electron chi connectivity index (χ0n) is 17.4. The average molecular weight is 373 g/mol. The molecule has 0 fully saturated rings. The number of hydrogen-bond acceptors (Lipinski definition) is 3. The van der Waals surface area contributed by atoms with Crippen LogP contribution in [0, 0.1) is 19.3 Å². The molecule has 2 aliphatic rings. The third-order valence-electron chi connectivity index (χ3n) is 5.89. The number of carbonyl (C=O) groups is 1. The van der Waals surface area contributed by atoms with Gasteiger partial charge in [-0.05, 0) is 61.4 Å². The van der Waals surface area contributed by atoms with Gasteiger partial charge in [0.15, 0.2) is 5.78 Å². The number of Topliss-reactive ketones (excluding diaryl/α,β-unsaturated/α-hetero) is 1. The first kappa shape index (κ1) is 18.7. The zero-order chi connectivity index (χ0) is 20.1. The molecule has 0 bridgehead atoms. The van der Waals surface area contributed by atoms with Crippen LogP contribution in [-0.4, -0.2) is 10.8 Å². The summed E-state index contributed by atoms with van der Waals surface area (Å²) in [5.41, 5.74) is 6.77. The minimum atomic E-state index is -0.0497. The van der Waals surface area contributed by atoms with Crippen LogP contribution >= 0.6 is 0 Å². The van der Waals surface area contributed by atoms with Gasteiger partial charge in [-0.3, -0.25) is 4.79 Å². The summed E-state index contributed by atoms with van der Waals surface area (Å²) < 4.78 is 0. The first-order valence-electron chi connectivity index (χ1n) is 10.00. The molecule has 1 aromatic carbocycles. The van der Waals surface area contributed by atoms with Gasteiger partial charge in [0, 0.05) is 35.5 Å². The molecule has 0 saturated heterocycles. The quantitative estimate of drug-likeness (QED) is 0.663. The van der Waals surface area contributed by atoms with Crippen molar-refractivity contribution in [1.29, 1.82) is 0 Å². The number of carbonyl (C=O) groups excluding carboxylic acids is 1. The fraction of sp³-hybridized carbons (Fsp3) is 0.360. The topological polar surface area (TPSA) is 33.2 Å². The van der Waals surface area contributed by atoms with Crippen molar-refractivity contribution in [3.8, 4) is 0 Å². The Hall–Kier alpha value is -2.68. The van der Waals surface area contributed by atoms with Gasteiger partial charge in [0.05, 0.1) is 0 Å². The van der Waals surface area contributed by atoms with Crippen LogP contribution in [0.5, 0.6) is 0 Å². The van der Waals surface area contributed by atoms with E-state index in [-0.39, 0.29) is 17.1 Å². The molecule has 0 spiro atoms. The molecule has 0 amide bonds. The summed E-state index contributed by atoms with van der Waals surface area (Å²) in [6.45, 7) is 10.7. The van der Waals surface area contributed by atoms with E-state index in [0.29, 0.717) is 6.42 Å². The Morgan fingerprint density at radius 1 is 1.07 bits per heavy atom. The van der Waals surface area contributed by atoms with Crippen LogP contribution < -0.4 is 4.90 Å². The average Bonchev–Trinajstić information content (AvgIpc) is 2.60. The Kier molecular flexibility index (Phi) is 4.49. The summed E-state index contributed by atoms with van der Waals surface area (Å²) in [4.78, 5) is 20.2. The van der Waals surface area contributed by atoms with E-state index in [2.05, 4.69) is 80.9 Å². The van der Waals surface area contributed by atoms with Crippen molar-refractivity contribution in [1.82, 2.24) is 4.98 Å². The van der Waals surface area contributed by atoms with E-state index < -0.39 is 0 Å². The SMILES string of the molecule is CC1=CC(c2ccccc2C)C2=C(CC(C)(C)CC2=O)N1c1cc(C)ccn1. The number of pyridine rings is 1. The van der Waals surface area contributed by atoms with E-state index in [1.807, 2.05) is 12.3 Å². The number of nitrogens with zero attached hydrogens (tertiary/aromatic N) is 2. The highest BCUT2D eigenvalue weighted by Crippen LogP contribution is 2.48. The van der Waals surface area contributed by atoms with Crippen molar-refractivity contribution in [2.24, 2.45) is 5.41 Å². The third-order valence-corrected chi connectivity index (χ3v) is 5.89.